The molecule has 0 fully saturated rings. The van der Waals surface area contributed by atoms with Gasteiger partial charge in [-0.15, -0.1) is 11.3 Å². The van der Waals surface area contributed by atoms with Crippen molar-refractivity contribution in [1.82, 2.24) is 14.9 Å². The fourth-order valence-electron chi connectivity index (χ4n) is 4.01. The van der Waals surface area contributed by atoms with E-state index in [1.807, 2.05) is 35.2 Å². The molecule has 1 atom stereocenters. The van der Waals surface area contributed by atoms with Gasteiger partial charge in [0, 0.05) is 25.1 Å². The largest absolute Gasteiger partial charge is 0.491 e. The normalized spacial score (nSPS) is 14.7. The molecule has 166 valence electrons. The number of para-hydroxylation sites is 1. The first-order valence-corrected chi connectivity index (χ1v) is 11.6. The van der Waals surface area contributed by atoms with Crippen molar-refractivity contribution >= 4 is 21.6 Å². The van der Waals surface area contributed by atoms with Crippen LogP contribution < -0.4 is 10.3 Å². The fourth-order valence-corrected chi connectivity index (χ4v) is 5.29. The zero-order valence-electron chi connectivity index (χ0n) is 17.8. The Morgan fingerprint density at radius 1 is 1.26 bits per heavy atom. The van der Waals surface area contributed by atoms with Crippen molar-refractivity contribution in [1.29, 1.82) is 0 Å². The molecule has 0 bridgehead atoms. The van der Waals surface area contributed by atoms with Crippen LogP contribution in [0.5, 0.6) is 5.75 Å². The predicted molar refractivity (Wildman–Crippen MR) is 122 cm³/mol. The maximum Gasteiger partial charge on any atom is 0.259 e. The van der Waals surface area contributed by atoms with E-state index in [-0.39, 0.29) is 12.2 Å². The summed E-state index contributed by atoms with van der Waals surface area (Å²) in [5.41, 5.74) is 1.13. The summed E-state index contributed by atoms with van der Waals surface area (Å²) < 4.78 is 10.9. The van der Waals surface area contributed by atoms with Gasteiger partial charge >= 0.3 is 0 Å². The van der Waals surface area contributed by atoms with E-state index in [4.69, 9.17) is 14.5 Å². The molecule has 0 aliphatic heterocycles. The average Bonchev–Trinajstić information content (AvgIpc) is 3.15. The number of aliphatic hydroxyl groups excluding tert-OH is 1. The van der Waals surface area contributed by atoms with Crippen molar-refractivity contribution in [2.75, 3.05) is 33.4 Å². The summed E-state index contributed by atoms with van der Waals surface area (Å²) in [5, 5.41) is 11.3. The first kappa shape index (κ1) is 22.0. The summed E-state index contributed by atoms with van der Waals surface area (Å²) in [7, 11) is 1.65. The molecule has 0 spiro atoms. The molecule has 8 heteroatoms. The van der Waals surface area contributed by atoms with Crippen LogP contribution in [0, 0.1) is 0 Å². The van der Waals surface area contributed by atoms with Gasteiger partial charge < -0.3 is 19.6 Å². The number of thiophene rings is 1. The molecule has 0 radical (unpaired) electrons. The highest BCUT2D eigenvalue weighted by molar-refractivity contribution is 7.18. The van der Waals surface area contributed by atoms with Crippen molar-refractivity contribution in [2.45, 2.75) is 38.3 Å². The molecule has 3 aromatic rings. The number of nitrogens with zero attached hydrogens (tertiary/aromatic N) is 2. The second kappa shape index (κ2) is 10.4. The number of aromatic amines is 1. The summed E-state index contributed by atoms with van der Waals surface area (Å²) in [5.74, 6) is 1.34. The van der Waals surface area contributed by atoms with Gasteiger partial charge in [-0.2, -0.15) is 0 Å². The van der Waals surface area contributed by atoms with Gasteiger partial charge in [0.25, 0.3) is 5.56 Å². The van der Waals surface area contributed by atoms with E-state index in [0.29, 0.717) is 32.1 Å². The number of rotatable bonds is 10. The lowest BCUT2D eigenvalue weighted by Crippen LogP contribution is -2.38. The number of hydrogen-bond acceptors (Lipinski definition) is 7. The second-order valence-electron chi connectivity index (χ2n) is 7.91. The third kappa shape index (κ3) is 5.51. The van der Waals surface area contributed by atoms with E-state index < -0.39 is 6.10 Å². The second-order valence-corrected chi connectivity index (χ2v) is 8.99. The molecular formula is C23H29N3O4S. The Morgan fingerprint density at radius 3 is 2.87 bits per heavy atom. The standard InChI is InChI=1S/C23H29N3O4S/c1-29-12-11-26(13-16(27)15-30-17-7-3-2-4-8-17)14-20-24-22(28)21-18-9-5-6-10-19(18)31-23(21)25-20/h2-4,7-8,16,27H,5-6,9-15H2,1H3,(H,24,25,28). The Balaban J connectivity index is 1.45. The van der Waals surface area contributed by atoms with Crippen LogP contribution in [-0.2, 0) is 24.1 Å². The van der Waals surface area contributed by atoms with E-state index in [0.717, 1.165) is 35.2 Å². The Morgan fingerprint density at radius 2 is 2.06 bits per heavy atom. The third-order valence-corrected chi connectivity index (χ3v) is 6.70. The summed E-state index contributed by atoms with van der Waals surface area (Å²) >= 11 is 1.65. The smallest absolute Gasteiger partial charge is 0.259 e. The molecular weight excluding hydrogens is 414 g/mol. The molecule has 0 saturated heterocycles. The first-order chi connectivity index (χ1) is 15.1. The van der Waals surface area contributed by atoms with Crippen LogP contribution in [0.2, 0.25) is 0 Å². The molecule has 1 aliphatic carbocycles. The quantitative estimate of drug-likeness (QED) is 0.501. The molecule has 1 aromatic carbocycles. The van der Waals surface area contributed by atoms with Crippen LogP contribution in [0.1, 0.15) is 29.1 Å². The van der Waals surface area contributed by atoms with Gasteiger partial charge in [0.15, 0.2) is 0 Å². The fraction of sp³-hybridized carbons (Fsp3) is 0.478. The Labute approximate surface area is 185 Å². The van der Waals surface area contributed by atoms with Gasteiger partial charge in [0.1, 0.15) is 29.1 Å². The van der Waals surface area contributed by atoms with Crippen molar-refractivity contribution < 1.29 is 14.6 Å². The highest BCUT2D eigenvalue weighted by atomic mass is 32.1. The molecule has 31 heavy (non-hydrogen) atoms. The van der Waals surface area contributed by atoms with Crippen LogP contribution in [-0.4, -0.2) is 59.5 Å². The number of H-pyrrole nitrogens is 1. The zero-order valence-corrected chi connectivity index (χ0v) is 18.6. The molecule has 0 saturated carbocycles. The number of ether oxygens (including phenoxy) is 2. The topological polar surface area (TPSA) is 87.7 Å². The van der Waals surface area contributed by atoms with Gasteiger partial charge in [-0.05, 0) is 43.4 Å². The van der Waals surface area contributed by atoms with Gasteiger partial charge in [0.2, 0.25) is 0 Å². The number of aromatic nitrogens is 2. The van der Waals surface area contributed by atoms with E-state index in [9.17, 15) is 9.90 Å². The predicted octanol–water partition coefficient (Wildman–Crippen LogP) is 2.75. The molecule has 2 aromatic heterocycles. The van der Waals surface area contributed by atoms with Crippen LogP contribution in [0.25, 0.3) is 10.2 Å². The number of aryl methyl sites for hydroxylation is 2. The maximum atomic E-state index is 12.8. The molecule has 0 amide bonds. The highest BCUT2D eigenvalue weighted by Crippen LogP contribution is 2.33. The number of nitrogens with one attached hydrogen (secondary N) is 1. The third-order valence-electron chi connectivity index (χ3n) is 5.51. The molecule has 4 rings (SSSR count). The van der Waals surface area contributed by atoms with Crippen molar-refractivity contribution in [3.63, 3.8) is 0 Å². The zero-order chi connectivity index (χ0) is 21.6. The SMILES string of the molecule is COCCN(Cc1nc2sc3c(c2c(=O)[nH]1)CCCC3)CC(O)COc1ccccc1. The van der Waals surface area contributed by atoms with Gasteiger partial charge in [0.05, 0.1) is 18.5 Å². The number of aliphatic hydroxyl groups is 1. The Kier molecular flexibility index (Phi) is 7.34. The van der Waals surface area contributed by atoms with E-state index in [2.05, 4.69) is 4.98 Å². The van der Waals surface area contributed by atoms with E-state index >= 15 is 0 Å². The van der Waals surface area contributed by atoms with Gasteiger partial charge in [-0.3, -0.25) is 9.69 Å². The van der Waals surface area contributed by atoms with Crippen molar-refractivity contribution in [2.24, 2.45) is 0 Å². The van der Waals surface area contributed by atoms with Crippen LogP contribution in [0.4, 0.5) is 0 Å². The van der Waals surface area contributed by atoms with Gasteiger partial charge in [-0.25, -0.2) is 4.98 Å². The van der Waals surface area contributed by atoms with Crippen LogP contribution in [0.3, 0.4) is 0 Å². The molecule has 1 unspecified atom stereocenters. The lowest BCUT2D eigenvalue weighted by atomic mass is 9.97. The number of benzene rings is 1. The Bertz CT molecular complexity index is 1050. The Hall–Kier alpha value is -2.26. The van der Waals surface area contributed by atoms with Crippen molar-refractivity contribution in [3.8, 4) is 5.75 Å². The number of hydrogen-bond donors (Lipinski definition) is 2. The molecule has 1 aliphatic rings. The van der Waals surface area contributed by atoms with Gasteiger partial charge in [-0.1, -0.05) is 18.2 Å². The summed E-state index contributed by atoms with van der Waals surface area (Å²) in [6.45, 7) is 2.14. The molecule has 2 N–H and O–H groups in total. The highest BCUT2D eigenvalue weighted by Gasteiger charge is 2.21. The molecule has 2 heterocycles. The summed E-state index contributed by atoms with van der Waals surface area (Å²) in [6, 6.07) is 9.44. The van der Waals surface area contributed by atoms with E-state index in [1.54, 1.807) is 18.4 Å². The summed E-state index contributed by atoms with van der Waals surface area (Å²) in [6.07, 6.45) is 3.64. The minimum atomic E-state index is -0.679. The maximum absolute atomic E-state index is 12.8. The van der Waals surface area contributed by atoms with Crippen molar-refractivity contribution in [3.05, 3.63) is 57.0 Å². The average molecular weight is 444 g/mol. The minimum absolute atomic E-state index is 0.0564. The first-order valence-electron chi connectivity index (χ1n) is 10.7. The van der Waals surface area contributed by atoms with Crippen LogP contribution in [0.15, 0.2) is 35.1 Å². The lowest BCUT2D eigenvalue weighted by molar-refractivity contribution is 0.0533. The number of fused-ring (bicyclic) bond motifs is 3. The van der Waals surface area contributed by atoms with E-state index in [1.165, 1.54) is 16.9 Å². The lowest BCUT2D eigenvalue weighted by Gasteiger charge is -2.24. The monoisotopic (exact) mass is 443 g/mol. The number of methoxy groups -OCH3 is 1. The molecule has 7 nitrogen and oxygen atoms in total. The summed E-state index contributed by atoms with van der Waals surface area (Å²) in [4.78, 5) is 24.7. The van der Waals surface area contributed by atoms with Crippen LogP contribution >= 0.6 is 11.3 Å². The minimum Gasteiger partial charge on any atom is -0.491 e.